The fraction of sp³-hybridized carbons (Fsp3) is 1.00. The zero-order chi connectivity index (χ0) is 12.7. The van der Waals surface area contributed by atoms with E-state index in [1.165, 1.54) is 37.0 Å². The van der Waals surface area contributed by atoms with Gasteiger partial charge in [0.25, 0.3) is 0 Å². The van der Waals surface area contributed by atoms with Crippen molar-refractivity contribution in [3.8, 4) is 0 Å². The van der Waals surface area contributed by atoms with Gasteiger partial charge in [-0.05, 0) is 13.8 Å². The van der Waals surface area contributed by atoms with Crippen molar-refractivity contribution >= 4 is 17.9 Å². The topological polar surface area (TPSA) is 9.23 Å². The molecule has 1 rings (SSSR count). The second-order valence-electron chi connectivity index (χ2n) is 3.93. The molecule has 0 bridgehead atoms. The molecule has 0 amide bonds. The number of rotatable bonds is 4. The molecular formula is C9H20BClF3NO. The molecule has 0 radical (unpaired) electrons. The number of halogens is 4. The van der Waals surface area contributed by atoms with Crippen molar-refractivity contribution in [3.63, 3.8) is 0 Å². The minimum Gasteiger partial charge on any atom is -0.435 e. The van der Waals surface area contributed by atoms with Crippen molar-refractivity contribution in [2.24, 2.45) is 0 Å². The van der Waals surface area contributed by atoms with E-state index in [0.717, 1.165) is 13.3 Å². The van der Waals surface area contributed by atoms with Gasteiger partial charge in [0, 0.05) is 19.4 Å². The van der Waals surface area contributed by atoms with Gasteiger partial charge in [-0.25, -0.2) is 0 Å². The Bertz CT molecular complexity index is 180. The lowest BCUT2D eigenvalue weighted by Gasteiger charge is -2.32. The summed E-state index contributed by atoms with van der Waals surface area (Å²) in [4.78, 5) is 0. The molecule has 0 N–H and O–H groups in total. The third-order valence-corrected chi connectivity index (χ3v) is 2.76. The maximum absolute atomic E-state index is 10.2. The first kappa shape index (κ1) is 16.1. The quantitative estimate of drug-likeness (QED) is 0.558. The average molecular weight is 262 g/mol. The number of likely N-dealkylation sites (tertiary alicyclic amines) is 1. The molecule has 0 aromatic rings. The molecule has 0 unspecified atom stereocenters. The van der Waals surface area contributed by atoms with Gasteiger partial charge in [0.05, 0.1) is 19.6 Å². The van der Waals surface area contributed by atoms with Crippen LogP contribution in [0.2, 0.25) is 0 Å². The third kappa shape index (κ3) is 8.24. The highest BCUT2D eigenvalue weighted by atomic mass is 35.5. The number of hydrogen-bond donors (Lipinski definition) is 0. The Morgan fingerprint density at radius 1 is 1.19 bits per heavy atom. The van der Waals surface area contributed by atoms with Crippen LogP contribution >= 0.6 is 11.5 Å². The summed E-state index contributed by atoms with van der Waals surface area (Å²) in [5.41, 5.74) is 0. The van der Waals surface area contributed by atoms with E-state index >= 15 is 0 Å². The van der Waals surface area contributed by atoms with Crippen LogP contribution < -0.4 is 0 Å². The summed E-state index contributed by atoms with van der Waals surface area (Å²) in [6.45, 7) is 10.0. The van der Waals surface area contributed by atoms with Gasteiger partial charge in [0.15, 0.2) is 6.73 Å². The molecule has 0 atom stereocenters. The minimum absolute atomic E-state index is 0.861. The first-order valence-electron chi connectivity index (χ1n) is 5.63. The number of nitrogens with zero attached hydrogens (tertiary/aromatic N) is 1. The van der Waals surface area contributed by atoms with Gasteiger partial charge in [-0.1, -0.05) is 0 Å². The van der Waals surface area contributed by atoms with E-state index in [1.807, 2.05) is 0 Å². The van der Waals surface area contributed by atoms with Gasteiger partial charge in [0.2, 0.25) is 0 Å². The van der Waals surface area contributed by atoms with Gasteiger partial charge in [0.1, 0.15) is 0 Å². The standard InChI is InChI=1S/C9H20NO.BClF3/c1-3-10(9-11-4-2)7-5-6-8-10;2-1(3,4)5/h3-9H2,1-2H3;/q+1;-1. The highest BCUT2D eigenvalue weighted by Crippen LogP contribution is 2.18. The summed E-state index contributed by atoms with van der Waals surface area (Å²) < 4.78 is 37.2. The molecule has 0 aromatic carbocycles. The second kappa shape index (κ2) is 7.40. The molecule has 98 valence electrons. The van der Waals surface area contributed by atoms with Gasteiger partial charge >= 0.3 is 6.39 Å². The van der Waals surface area contributed by atoms with Crippen molar-refractivity contribution in [2.75, 3.05) is 33.0 Å². The maximum Gasteiger partial charge on any atom is 0.576 e. The monoisotopic (exact) mass is 261 g/mol. The Labute approximate surface area is 100 Å². The Hall–Kier alpha value is 0.0649. The molecule has 7 heteroatoms. The highest BCUT2D eigenvalue weighted by Gasteiger charge is 2.29. The van der Waals surface area contributed by atoms with Crippen LogP contribution in [-0.2, 0) is 4.74 Å². The Balaban J connectivity index is 0.000000385. The van der Waals surface area contributed by atoms with Crippen LogP contribution in [0.15, 0.2) is 0 Å². The Kier molecular flexibility index (Phi) is 7.43. The first-order chi connectivity index (χ1) is 7.33. The molecule has 1 aliphatic heterocycles. The lowest BCUT2D eigenvalue weighted by molar-refractivity contribution is -0.933. The molecule has 1 heterocycles. The van der Waals surface area contributed by atoms with Crippen molar-refractivity contribution in [2.45, 2.75) is 26.7 Å². The SMILES string of the molecule is CCOC[N+]1(CC)CCCC1.F[B-](F)(F)Cl. The largest absolute Gasteiger partial charge is 0.576 e. The van der Waals surface area contributed by atoms with Gasteiger partial charge in [-0.2, -0.15) is 0 Å². The molecule has 0 aromatic heterocycles. The summed E-state index contributed by atoms with van der Waals surface area (Å²) in [7, 11) is 0. The van der Waals surface area contributed by atoms with Crippen molar-refractivity contribution in [1.82, 2.24) is 0 Å². The van der Waals surface area contributed by atoms with Crippen LogP contribution in [0.25, 0.3) is 0 Å². The number of hydrogen-bond acceptors (Lipinski definition) is 1. The van der Waals surface area contributed by atoms with Crippen LogP contribution in [-0.4, -0.2) is 43.8 Å². The normalized spacial score (nSPS) is 19.1. The van der Waals surface area contributed by atoms with Gasteiger partial charge in [-0.3, -0.25) is 11.5 Å². The fourth-order valence-electron chi connectivity index (χ4n) is 1.83. The zero-order valence-electron chi connectivity index (χ0n) is 9.89. The molecular weight excluding hydrogens is 241 g/mol. The predicted octanol–water partition coefficient (Wildman–Crippen LogP) is 3.18. The minimum atomic E-state index is -5.03. The third-order valence-electron chi connectivity index (χ3n) is 2.76. The highest BCUT2D eigenvalue weighted by molar-refractivity contribution is 7.08. The predicted molar refractivity (Wildman–Crippen MR) is 61.2 cm³/mol. The second-order valence-corrected chi connectivity index (χ2v) is 4.42. The Morgan fingerprint density at radius 2 is 1.62 bits per heavy atom. The van der Waals surface area contributed by atoms with E-state index in [-0.39, 0.29) is 0 Å². The summed E-state index contributed by atoms with van der Waals surface area (Å²) in [6, 6.07) is 0. The molecule has 0 saturated carbocycles. The summed E-state index contributed by atoms with van der Waals surface area (Å²) in [5.74, 6) is 0. The van der Waals surface area contributed by atoms with E-state index in [0.29, 0.717) is 0 Å². The average Bonchev–Trinajstić information content (AvgIpc) is 2.61. The van der Waals surface area contributed by atoms with Gasteiger partial charge < -0.3 is 22.2 Å². The molecule has 0 spiro atoms. The van der Waals surface area contributed by atoms with Gasteiger partial charge in [-0.15, -0.1) is 0 Å². The summed E-state index contributed by atoms with van der Waals surface area (Å²) in [6.07, 6.45) is -2.25. The van der Waals surface area contributed by atoms with Crippen molar-refractivity contribution in [3.05, 3.63) is 0 Å². The number of quaternary nitrogens is 1. The summed E-state index contributed by atoms with van der Waals surface area (Å²) in [5, 5.41) is 0. The van der Waals surface area contributed by atoms with Crippen molar-refractivity contribution < 1.29 is 22.2 Å². The lowest BCUT2D eigenvalue weighted by Crippen LogP contribution is -2.46. The van der Waals surface area contributed by atoms with Crippen LogP contribution in [0.4, 0.5) is 12.9 Å². The molecule has 1 fully saturated rings. The van der Waals surface area contributed by atoms with Crippen LogP contribution in [0, 0.1) is 0 Å². The lowest BCUT2D eigenvalue weighted by atomic mass is 10.4. The Morgan fingerprint density at radius 3 is 1.94 bits per heavy atom. The smallest absolute Gasteiger partial charge is 0.435 e. The molecule has 0 aliphatic carbocycles. The summed E-state index contributed by atoms with van der Waals surface area (Å²) >= 11 is 3.59. The van der Waals surface area contributed by atoms with Crippen LogP contribution in [0.5, 0.6) is 0 Å². The first-order valence-corrected chi connectivity index (χ1v) is 6.07. The van der Waals surface area contributed by atoms with E-state index in [9.17, 15) is 12.9 Å². The van der Waals surface area contributed by atoms with E-state index in [4.69, 9.17) is 4.74 Å². The zero-order valence-corrected chi connectivity index (χ0v) is 10.7. The number of ether oxygens (including phenoxy) is 1. The molecule has 2 nitrogen and oxygen atoms in total. The maximum atomic E-state index is 10.2. The van der Waals surface area contributed by atoms with E-state index in [2.05, 4.69) is 25.3 Å². The fourth-order valence-corrected chi connectivity index (χ4v) is 1.83. The molecule has 1 saturated heterocycles. The van der Waals surface area contributed by atoms with Crippen LogP contribution in [0.3, 0.4) is 0 Å². The molecule has 1 aliphatic rings. The van der Waals surface area contributed by atoms with E-state index < -0.39 is 6.39 Å². The van der Waals surface area contributed by atoms with E-state index in [1.54, 1.807) is 0 Å². The van der Waals surface area contributed by atoms with Crippen LogP contribution in [0.1, 0.15) is 26.7 Å². The van der Waals surface area contributed by atoms with Crippen molar-refractivity contribution in [1.29, 1.82) is 0 Å². The molecule has 16 heavy (non-hydrogen) atoms.